The number of hydrogen-bond donors (Lipinski definition) is 3. The van der Waals surface area contributed by atoms with E-state index in [0.717, 1.165) is 29.6 Å². The van der Waals surface area contributed by atoms with Crippen LogP contribution in [-0.4, -0.2) is 63.2 Å². The highest BCUT2D eigenvalue weighted by atomic mass is 16.4. The molecule has 0 bridgehead atoms. The van der Waals surface area contributed by atoms with E-state index in [0.29, 0.717) is 30.6 Å². The van der Waals surface area contributed by atoms with Crippen LogP contribution in [0, 0.1) is 0 Å². The molecule has 0 fully saturated rings. The highest BCUT2D eigenvalue weighted by Gasteiger charge is 2.14. The number of fused-ring (bicyclic) bond motifs is 1. The van der Waals surface area contributed by atoms with Crippen molar-refractivity contribution in [1.82, 2.24) is 14.8 Å². The first kappa shape index (κ1) is 29.0. The van der Waals surface area contributed by atoms with Crippen LogP contribution in [0.25, 0.3) is 21.9 Å². The van der Waals surface area contributed by atoms with Gasteiger partial charge in [0.1, 0.15) is 0 Å². The number of likely N-dealkylation sites (N-methyl/N-ethyl adjacent to an activating group) is 1. The van der Waals surface area contributed by atoms with Crippen LogP contribution in [0.5, 0.6) is 0 Å². The molecule has 0 spiro atoms. The lowest BCUT2D eigenvalue weighted by Crippen LogP contribution is -2.43. The third-order valence-corrected chi connectivity index (χ3v) is 5.59. The first-order valence-corrected chi connectivity index (χ1v) is 12.0. The smallest absolute Gasteiger partial charge is 0.328 e. The highest BCUT2D eigenvalue weighted by Crippen LogP contribution is 2.26. The molecule has 9 heteroatoms. The highest BCUT2D eigenvalue weighted by molar-refractivity contribution is 5.95. The molecule has 1 unspecified atom stereocenters. The molecular weight excluding hydrogens is 474 g/mol. The summed E-state index contributed by atoms with van der Waals surface area (Å²) >= 11 is 0. The van der Waals surface area contributed by atoms with Gasteiger partial charge in [-0.25, -0.2) is 9.59 Å². The Bertz CT molecular complexity index is 1280. The molecule has 3 N–H and O–H groups in total. The van der Waals surface area contributed by atoms with Gasteiger partial charge in [0.2, 0.25) is 5.91 Å². The lowest BCUT2D eigenvalue weighted by Gasteiger charge is -2.21. The zero-order chi connectivity index (χ0) is 27.4. The summed E-state index contributed by atoms with van der Waals surface area (Å²) in [6.07, 6.45) is 3.03. The maximum absolute atomic E-state index is 13.0. The number of aliphatic carboxylic acids is 2. The fraction of sp³-hybridized carbons (Fsp3) is 0.286. The Balaban J connectivity index is 0.000000521. The van der Waals surface area contributed by atoms with Crippen molar-refractivity contribution < 1.29 is 24.6 Å². The fourth-order valence-corrected chi connectivity index (χ4v) is 3.78. The van der Waals surface area contributed by atoms with E-state index >= 15 is 0 Å². The summed E-state index contributed by atoms with van der Waals surface area (Å²) in [5, 5.41) is 20.3. The molecule has 0 aliphatic heterocycles. The van der Waals surface area contributed by atoms with Gasteiger partial charge in [-0.2, -0.15) is 0 Å². The Kier molecular flexibility index (Phi) is 11.2. The second kappa shape index (κ2) is 14.4. The largest absolute Gasteiger partial charge is 0.478 e. The number of hydrogen-bond acceptors (Lipinski definition) is 5. The van der Waals surface area contributed by atoms with Crippen molar-refractivity contribution in [3.05, 3.63) is 83.3 Å². The van der Waals surface area contributed by atoms with Crippen LogP contribution in [0.4, 0.5) is 0 Å². The molecule has 0 saturated carbocycles. The fourth-order valence-electron chi connectivity index (χ4n) is 3.78. The molecule has 0 aliphatic carbocycles. The number of nitrogens with zero attached hydrogens (tertiary/aromatic N) is 2. The number of carbonyl (C=O) groups excluding carboxylic acids is 1. The molecule has 1 amide bonds. The number of carbonyl (C=O) groups is 3. The first-order valence-electron chi connectivity index (χ1n) is 12.0. The number of benzene rings is 2. The molecule has 196 valence electrons. The number of pyridine rings is 1. The van der Waals surface area contributed by atoms with Gasteiger partial charge in [-0.1, -0.05) is 62.4 Å². The third kappa shape index (κ3) is 9.05. The number of nitrogens with one attached hydrogen (secondary N) is 1. The standard InChI is InChI=1S/C24H29N3O2.C4H4O4/c1-4-26(5-2)17-23(28)25-18(3)15-27-16-22(19-11-7-6-8-12-19)20-13-9-10-14-21(20)24(27)29;5-3(6)1-2-4(7)8/h6-14,16,18H,4-5,15,17H2,1-3H3,(H,25,28);1-2H,(H,5,6)(H,7,8)/b;2-1-. The summed E-state index contributed by atoms with van der Waals surface area (Å²) < 4.78 is 1.72. The van der Waals surface area contributed by atoms with Crippen molar-refractivity contribution >= 4 is 28.6 Å². The second-order valence-corrected chi connectivity index (χ2v) is 8.35. The maximum atomic E-state index is 13.0. The Morgan fingerprint density at radius 1 is 0.919 bits per heavy atom. The van der Waals surface area contributed by atoms with E-state index < -0.39 is 11.9 Å². The van der Waals surface area contributed by atoms with E-state index in [2.05, 4.69) is 10.2 Å². The van der Waals surface area contributed by atoms with E-state index in [1.807, 2.05) is 81.6 Å². The topological polar surface area (TPSA) is 129 Å². The van der Waals surface area contributed by atoms with Gasteiger partial charge in [0, 0.05) is 41.9 Å². The van der Waals surface area contributed by atoms with Crippen LogP contribution in [0.15, 0.2) is 77.7 Å². The van der Waals surface area contributed by atoms with E-state index in [1.165, 1.54) is 0 Å². The first-order chi connectivity index (χ1) is 17.7. The number of carboxylic acid groups (broad SMARTS) is 2. The van der Waals surface area contributed by atoms with Crippen molar-refractivity contribution in [2.75, 3.05) is 19.6 Å². The van der Waals surface area contributed by atoms with Crippen molar-refractivity contribution in [3.8, 4) is 11.1 Å². The number of amides is 1. The average Bonchev–Trinajstić information content (AvgIpc) is 2.88. The Morgan fingerprint density at radius 3 is 2.00 bits per heavy atom. The quantitative estimate of drug-likeness (QED) is 0.359. The minimum Gasteiger partial charge on any atom is -0.478 e. The van der Waals surface area contributed by atoms with Crippen LogP contribution in [0.3, 0.4) is 0 Å². The van der Waals surface area contributed by atoms with Crippen molar-refractivity contribution in [1.29, 1.82) is 0 Å². The van der Waals surface area contributed by atoms with Crippen LogP contribution in [-0.2, 0) is 20.9 Å². The number of aromatic nitrogens is 1. The minimum absolute atomic E-state index is 0.0154. The molecule has 37 heavy (non-hydrogen) atoms. The summed E-state index contributed by atoms with van der Waals surface area (Å²) in [7, 11) is 0. The van der Waals surface area contributed by atoms with Crippen molar-refractivity contribution in [2.45, 2.75) is 33.4 Å². The molecule has 1 atom stereocenters. The molecule has 2 aromatic carbocycles. The molecule has 0 radical (unpaired) electrons. The van der Waals surface area contributed by atoms with E-state index in [-0.39, 0.29) is 17.5 Å². The minimum atomic E-state index is -1.26. The van der Waals surface area contributed by atoms with E-state index in [1.54, 1.807) is 4.57 Å². The molecule has 9 nitrogen and oxygen atoms in total. The molecule has 0 saturated heterocycles. The lowest BCUT2D eigenvalue weighted by atomic mass is 10.0. The monoisotopic (exact) mass is 507 g/mol. The van der Waals surface area contributed by atoms with Gasteiger partial charge in [-0.05, 0) is 37.0 Å². The van der Waals surface area contributed by atoms with Crippen LogP contribution >= 0.6 is 0 Å². The SMILES string of the molecule is CCN(CC)CC(=O)NC(C)Cn1cc(-c2ccccc2)c2ccccc2c1=O.O=C(O)/C=C\C(=O)O. The van der Waals surface area contributed by atoms with Gasteiger partial charge in [0.25, 0.3) is 5.56 Å². The van der Waals surface area contributed by atoms with Crippen LogP contribution in [0.2, 0.25) is 0 Å². The van der Waals surface area contributed by atoms with Gasteiger partial charge in [0.15, 0.2) is 0 Å². The number of rotatable bonds is 10. The zero-order valence-corrected chi connectivity index (χ0v) is 21.3. The normalized spacial score (nSPS) is 11.7. The lowest BCUT2D eigenvalue weighted by molar-refractivity contribution is -0.134. The Morgan fingerprint density at radius 2 is 1.46 bits per heavy atom. The van der Waals surface area contributed by atoms with Crippen LogP contribution in [0.1, 0.15) is 20.8 Å². The van der Waals surface area contributed by atoms with Gasteiger partial charge in [0.05, 0.1) is 6.54 Å². The van der Waals surface area contributed by atoms with Gasteiger partial charge >= 0.3 is 11.9 Å². The zero-order valence-electron chi connectivity index (χ0n) is 21.3. The summed E-state index contributed by atoms with van der Waals surface area (Å²) in [5.74, 6) is -2.53. The molecular formula is C28H33N3O6. The van der Waals surface area contributed by atoms with Gasteiger partial charge < -0.3 is 20.1 Å². The third-order valence-electron chi connectivity index (χ3n) is 5.59. The summed E-state index contributed by atoms with van der Waals surface area (Å²) in [4.78, 5) is 46.5. The molecule has 0 aliphatic rings. The summed E-state index contributed by atoms with van der Waals surface area (Å²) in [5.41, 5.74) is 2.04. The van der Waals surface area contributed by atoms with E-state index in [9.17, 15) is 19.2 Å². The molecule has 1 heterocycles. The second-order valence-electron chi connectivity index (χ2n) is 8.35. The maximum Gasteiger partial charge on any atom is 0.328 e. The Labute approximate surface area is 215 Å². The van der Waals surface area contributed by atoms with Gasteiger partial charge in [-0.15, -0.1) is 0 Å². The number of carboxylic acids is 2. The summed E-state index contributed by atoms with van der Waals surface area (Å²) in [6, 6.07) is 17.6. The van der Waals surface area contributed by atoms with Crippen LogP contribution < -0.4 is 10.9 Å². The average molecular weight is 508 g/mol. The predicted molar refractivity (Wildman–Crippen MR) is 143 cm³/mol. The van der Waals surface area contributed by atoms with Gasteiger partial charge in [-0.3, -0.25) is 14.5 Å². The van der Waals surface area contributed by atoms with Crippen molar-refractivity contribution in [2.24, 2.45) is 0 Å². The molecule has 3 rings (SSSR count). The molecule has 3 aromatic rings. The summed E-state index contributed by atoms with van der Waals surface area (Å²) in [6.45, 7) is 8.49. The van der Waals surface area contributed by atoms with Crippen molar-refractivity contribution in [3.63, 3.8) is 0 Å². The molecule has 1 aromatic heterocycles. The predicted octanol–water partition coefficient (Wildman–Crippen LogP) is 3.23. The Hall–Kier alpha value is -4.24. The van der Waals surface area contributed by atoms with E-state index in [4.69, 9.17) is 10.2 Å².